The maximum atomic E-state index is 6.17. The fourth-order valence-corrected chi connectivity index (χ4v) is 4.09. The van der Waals surface area contributed by atoms with Crippen LogP contribution in [-0.2, 0) is 38.5 Å². The van der Waals surface area contributed by atoms with E-state index < -0.39 is 0 Å². The Hall–Kier alpha value is -2.83. The number of benzene rings is 1. The number of hydrogen-bond acceptors (Lipinski definition) is 10. The van der Waals surface area contributed by atoms with Crippen molar-refractivity contribution < 1.29 is 23.7 Å². The number of nitrogen functional groups attached to an aromatic ring is 1. The molecule has 0 unspecified atom stereocenters. The summed E-state index contributed by atoms with van der Waals surface area (Å²) in [6.45, 7) is 12.4. The van der Waals surface area contributed by atoms with Crippen LogP contribution in [0.25, 0.3) is 11.0 Å². The second-order valence-corrected chi connectivity index (χ2v) is 9.80. The molecule has 0 spiro atoms. The Morgan fingerprint density at radius 3 is 2.20 bits per heavy atom. The van der Waals surface area contributed by atoms with Crippen molar-refractivity contribution in [2.24, 2.45) is 0 Å². The SMILES string of the molecule is CCCCc1nc2c(N)nnc(OC(C)C)c2n1Cc1ccc(CNCCOCCOCCOCCOC)cc1. The lowest BCUT2D eigenvalue weighted by Gasteiger charge is -2.14. The Morgan fingerprint density at radius 2 is 1.55 bits per heavy atom. The van der Waals surface area contributed by atoms with Crippen molar-refractivity contribution in [2.75, 3.05) is 65.6 Å². The number of fused-ring (bicyclic) bond motifs is 1. The lowest BCUT2D eigenvalue weighted by Crippen LogP contribution is -2.20. The summed E-state index contributed by atoms with van der Waals surface area (Å²) in [4.78, 5) is 4.85. The van der Waals surface area contributed by atoms with Gasteiger partial charge in [-0.2, -0.15) is 0 Å². The molecule has 222 valence electrons. The predicted molar refractivity (Wildman–Crippen MR) is 156 cm³/mol. The lowest BCUT2D eigenvalue weighted by atomic mass is 10.1. The number of aryl methyl sites for hydroxylation is 1. The van der Waals surface area contributed by atoms with Crippen LogP contribution in [0.1, 0.15) is 50.6 Å². The van der Waals surface area contributed by atoms with Crippen LogP contribution in [0, 0.1) is 0 Å². The normalized spacial score (nSPS) is 11.6. The van der Waals surface area contributed by atoms with E-state index in [1.807, 2.05) is 13.8 Å². The standard InChI is InChI=1S/C29H46N6O5/c1-5-6-7-25-32-26-27(29(40-22(2)3)34-33-28(26)30)35(25)21-24-10-8-23(9-11-24)20-31-12-13-37-16-17-39-19-18-38-15-14-36-4/h8-11,22,31H,5-7,12-21H2,1-4H3,(H2,30,33). The van der Waals surface area contributed by atoms with Crippen LogP contribution >= 0.6 is 0 Å². The van der Waals surface area contributed by atoms with Crippen molar-refractivity contribution in [1.29, 1.82) is 0 Å². The average molecular weight is 559 g/mol. The summed E-state index contributed by atoms with van der Waals surface area (Å²) in [6, 6.07) is 8.60. The quantitative estimate of drug-likeness (QED) is 0.188. The van der Waals surface area contributed by atoms with E-state index in [-0.39, 0.29) is 6.10 Å². The third kappa shape index (κ3) is 10.3. The van der Waals surface area contributed by atoms with Gasteiger partial charge in [0, 0.05) is 33.2 Å². The van der Waals surface area contributed by atoms with Gasteiger partial charge in [-0.25, -0.2) is 4.98 Å². The number of anilines is 1. The van der Waals surface area contributed by atoms with Gasteiger partial charge in [-0.3, -0.25) is 0 Å². The van der Waals surface area contributed by atoms with E-state index in [0.29, 0.717) is 70.0 Å². The summed E-state index contributed by atoms with van der Waals surface area (Å²) >= 11 is 0. The molecule has 0 aliphatic rings. The number of methoxy groups -OCH3 is 1. The Balaban J connectivity index is 1.48. The number of aromatic nitrogens is 4. The van der Waals surface area contributed by atoms with Crippen molar-refractivity contribution in [1.82, 2.24) is 25.1 Å². The monoisotopic (exact) mass is 558 g/mol. The number of nitrogens with two attached hydrogens (primary N) is 1. The molecule has 0 aliphatic carbocycles. The molecule has 0 aliphatic heterocycles. The zero-order valence-electron chi connectivity index (χ0n) is 24.5. The van der Waals surface area contributed by atoms with Gasteiger partial charge in [-0.15, -0.1) is 10.2 Å². The van der Waals surface area contributed by atoms with Crippen molar-refractivity contribution in [3.63, 3.8) is 0 Å². The summed E-state index contributed by atoms with van der Waals surface area (Å²) in [6.07, 6.45) is 2.93. The highest BCUT2D eigenvalue weighted by molar-refractivity contribution is 5.88. The molecule has 0 bridgehead atoms. The number of ether oxygens (including phenoxy) is 5. The topological polar surface area (TPSA) is 128 Å². The number of unbranched alkanes of at least 4 members (excludes halogenated alkanes) is 1. The molecule has 1 aromatic carbocycles. The molecule has 2 heterocycles. The summed E-state index contributed by atoms with van der Waals surface area (Å²) in [5, 5.41) is 11.8. The number of hydrogen-bond donors (Lipinski definition) is 2. The van der Waals surface area contributed by atoms with E-state index in [4.69, 9.17) is 34.4 Å². The van der Waals surface area contributed by atoms with Crippen LogP contribution in [-0.4, -0.2) is 85.8 Å². The highest BCUT2D eigenvalue weighted by Crippen LogP contribution is 2.29. The molecule has 0 atom stereocenters. The molecule has 0 saturated heterocycles. The van der Waals surface area contributed by atoms with Crippen molar-refractivity contribution >= 4 is 16.9 Å². The zero-order valence-corrected chi connectivity index (χ0v) is 24.5. The third-order valence-corrected chi connectivity index (χ3v) is 6.13. The molecule has 11 heteroatoms. The number of nitrogens with zero attached hydrogens (tertiary/aromatic N) is 4. The minimum atomic E-state index is -0.0365. The molecule has 11 nitrogen and oxygen atoms in total. The van der Waals surface area contributed by atoms with Gasteiger partial charge in [0.2, 0.25) is 0 Å². The largest absolute Gasteiger partial charge is 0.472 e. The summed E-state index contributed by atoms with van der Waals surface area (Å²) in [5.74, 6) is 1.76. The van der Waals surface area contributed by atoms with E-state index in [2.05, 4.69) is 51.3 Å². The van der Waals surface area contributed by atoms with E-state index in [1.54, 1.807) is 7.11 Å². The molecule has 0 amide bonds. The maximum absolute atomic E-state index is 6.17. The van der Waals surface area contributed by atoms with Crippen LogP contribution < -0.4 is 15.8 Å². The number of rotatable bonds is 21. The Kier molecular flexibility index (Phi) is 14.1. The highest BCUT2D eigenvalue weighted by atomic mass is 16.6. The molecule has 3 aromatic rings. The molecular formula is C29H46N6O5. The van der Waals surface area contributed by atoms with Crippen LogP contribution in [0.2, 0.25) is 0 Å². The Bertz CT molecular complexity index is 1120. The van der Waals surface area contributed by atoms with E-state index in [9.17, 15) is 0 Å². The second kappa shape index (κ2) is 17.8. The average Bonchev–Trinajstić information content (AvgIpc) is 3.31. The maximum Gasteiger partial charge on any atom is 0.260 e. The Labute approximate surface area is 237 Å². The fourth-order valence-electron chi connectivity index (χ4n) is 4.09. The lowest BCUT2D eigenvalue weighted by molar-refractivity contribution is 0.00408. The zero-order chi connectivity index (χ0) is 28.6. The Morgan fingerprint density at radius 1 is 0.900 bits per heavy atom. The summed E-state index contributed by atoms with van der Waals surface area (Å²) in [7, 11) is 1.66. The first kappa shape index (κ1) is 31.7. The molecule has 0 fully saturated rings. The second-order valence-electron chi connectivity index (χ2n) is 9.80. The van der Waals surface area contributed by atoms with Crippen LogP contribution in [0.4, 0.5) is 5.82 Å². The van der Waals surface area contributed by atoms with Crippen molar-refractivity contribution in [2.45, 2.75) is 59.2 Å². The van der Waals surface area contributed by atoms with Gasteiger partial charge in [0.15, 0.2) is 5.82 Å². The third-order valence-electron chi connectivity index (χ3n) is 6.13. The van der Waals surface area contributed by atoms with E-state index in [0.717, 1.165) is 43.7 Å². The van der Waals surface area contributed by atoms with Gasteiger partial charge in [-0.1, -0.05) is 37.6 Å². The minimum absolute atomic E-state index is 0.0365. The van der Waals surface area contributed by atoms with Gasteiger partial charge < -0.3 is 39.3 Å². The van der Waals surface area contributed by atoms with E-state index in [1.165, 1.54) is 11.1 Å². The number of nitrogens with one attached hydrogen (secondary N) is 1. The van der Waals surface area contributed by atoms with Crippen LogP contribution in [0.15, 0.2) is 24.3 Å². The van der Waals surface area contributed by atoms with Crippen LogP contribution in [0.5, 0.6) is 5.88 Å². The van der Waals surface area contributed by atoms with Crippen LogP contribution in [0.3, 0.4) is 0 Å². The molecule has 3 N–H and O–H groups in total. The van der Waals surface area contributed by atoms with Gasteiger partial charge >= 0.3 is 0 Å². The minimum Gasteiger partial charge on any atom is -0.472 e. The van der Waals surface area contributed by atoms with Gasteiger partial charge in [0.25, 0.3) is 5.88 Å². The highest BCUT2D eigenvalue weighted by Gasteiger charge is 2.20. The van der Waals surface area contributed by atoms with E-state index >= 15 is 0 Å². The van der Waals surface area contributed by atoms with Gasteiger partial charge in [0.1, 0.15) is 16.9 Å². The first-order chi connectivity index (χ1) is 19.5. The van der Waals surface area contributed by atoms with Gasteiger partial charge in [0.05, 0.1) is 52.4 Å². The van der Waals surface area contributed by atoms with Crippen molar-refractivity contribution in [3.05, 3.63) is 41.2 Å². The summed E-state index contributed by atoms with van der Waals surface area (Å²) < 4.78 is 29.5. The molecule has 40 heavy (non-hydrogen) atoms. The number of imidazole rings is 1. The fraction of sp³-hybridized carbons (Fsp3) is 0.621. The van der Waals surface area contributed by atoms with Gasteiger partial charge in [-0.05, 0) is 31.4 Å². The first-order valence-electron chi connectivity index (χ1n) is 14.2. The smallest absolute Gasteiger partial charge is 0.260 e. The molecule has 0 saturated carbocycles. The predicted octanol–water partition coefficient (Wildman–Crippen LogP) is 3.37. The molecular weight excluding hydrogens is 512 g/mol. The molecule has 2 aromatic heterocycles. The summed E-state index contributed by atoms with van der Waals surface area (Å²) in [5.41, 5.74) is 10.00. The van der Waals surface area contributed by atoms with Crippen molar-refractivity contribution in [3.8, 4) is 5.88 Å². The first-order valence-corrected chi connectivity index (χ1v) is 14.2. The molecule has 0 radical (unpaired) electrons. The molecule has 3 rings (SSSR count).